The molecule has 5 nitrogen and oxygen atoms in total. The van der Waals surface area contributed by atoms with Crippen LogP contribution in [0.4, 0.5) is 5.69 Å². The molecule has 0 saturated heterocycles. The topological polar surface area (TPSA) is 65.2 Å². The summed E-state index contributed by atoms with van der Waals surface area (Å²) in [4.78, 5) is 31.8. The van der Waals surface area contributed by atoms with Gasteiger partial charge in [0.1, 0.15) is 0 Å². The predicted octanol–water partition coefficient (Wildman–Crippen LogP) is 5.32. The monoisotopic (exact) mass is 437 g/mol. The molecule has 1 fully saturated rings. The molecule has 3 aromatic rings. The fourth-order valence-corrected chi connectivity index (χ4v) is 4.56. The third-order valence-electron chi connectivity index (χ3n) is 5.91. The summed E-state index contributed by atoms with van der Waals surface area (Å²) < 4.78 is 0. The first-order valence-corrected chi connectivity index (χ1v) is 11.5. The van der Waals surface area contributed by atoms with Crippen LogP contribution < -0.4 is 10.2 Å². The fourth-order valence-electron chi connectivity index (χ4n) is 4.39. The van der Waals surface area contributed by atoms with Crippen molar-refractivity contribution in [3.63, 3.8) is 0 Å². The average Bonchev–Trinajstić information content (AvgIpc) is 3.22. The highest BCUT2D eigenvalue weighted by Gasteiger charge is 2.34. The zero-order valence-corrected chi connectivity index (χ0v) is 18.3. The molecule has 0 spiro atoms. The van der Waals surface area contributed by atoms with Crippen molar-refractivity contribution in [1.82, 2.24) is 10.3 Å². The van der Waals surface area contributed by atoms with Crippen molar-refractivity contribution in [2.24, 2.45) is 0 Å². The van der Waals surface area contributed by atoms with Gasteiger partial charge in [0, 0.05) is 35.2 Å². The second-order valence-electron chi connectivity index (χ2n) is 8.10. The maximum atomic E-state index is 13.7. The lowest BCUT2D eigenvalue weighted by Crippen LogP contribution is -2.47. The molecule has 2 aromatic carbocycles. The van der Waals surface area contributed by atoms with Gasteiger partial charge >= 0.3 is 0 Å². The largest absolute Gasteiger partial charge is 0.356 e. The van der Waals surface area contributed by atoms with Gasteiger partial charge in [-0.3, -0.25) is 14.5 Å². The Morgan fingerprint density at radius 2 is 1.74 bits per heavy atom. The molecule has 0 bridgehead atoms. The van der Waals surface area contributed by atoms with Gasteiger partial charge in [0.05, 0.1) is 0 Å². The molecule has 1 heterocycles. The summed E-state index contributed by atoms with van der Waals surface area (Å²) in [5.41, 5.74) is 2.31. The van der Waals surface area contributed by atoms with Crippen LogP contribution in [-0.2, 0) is 9.59 Å². The Kier molecular flexibility index (Phi) is 6.92. The molecule has 1 saturated carbocycles. The van der Waals surface area contributed by atoms with Crippen LogP contribution >= 0.6 is 11.6 Å². The number of para-hydroxylation sites is 2. The number of benzene rings is 2. The van der Waals surface area contributed by atoms with E-state index in [-0.39, 0.29) is 30.2 Å². The summed E-state index contributed by atoms with van der Waals surface area (Å²) >= 11 is 5.92. The molecule has 6 heteroatoms. The molecule has 4 rings (SSSR count). The van der Waals surface area contributed by atoms with Gasteiger partial charge in [-0.15, -0.1) is 11.6 Å². The average molecular weight is 438 g/mol. The Hall–Kier alpha value is -2.79. The number of nitrogens with zero attached hydrogens (tertiary/aromatic N) is 1. The third-order valence-corrected chi connectivity index (χ3v) is 6.10. The number of aromatic nitrogens is 1. The number of alkyl halides is 1. The number of fused-ring (bicyclic) bond motifs is 1. The normalized spacial score (nSPS) is 15.5. The lowest BCUT2D eigenvalue weighted by atomic mass is 9.95. The Morgan fingerprint density at radius 3 is 2.45 bits per heavy atom. The Balaban J connectivity index is 1.76. The number of H-pyrrole nitrogens is 1. The minimum absolute atomic E-state index is 0.147. The van der Waals surface area contributed by atoms with Crippen LogP contribution in [0.2, 0.25) is 0 Å². The second-order valence-corrected chi connectivity index (χ2v) is 8.47. The van der Waals surface area contributed by atoms with Gasteiger partial charge in [-0.05, 0) is 42.5 Å². The van der Waals surface area contributed by atoms with Gasteiger partial charge in [-0.2, -0.15) is 0 Å². The Morgan fingerprint density at radius 1 is 1.03 bits per heavy atom. The molecule has 1 aliphatic carbocycles. The summed E-state index contributed by atoms with van der Waals surface area (Å²) in [7, 11) is 0. The quantitative estimate of drug-likeness (QED) is 0.491. The highest BCUT2D eigenvalue weighted by Crippen LogP contribution is 2.31. The molecule has 2 N–H and O–H groups in total. The number of carbonyl (C=O) groups excluding carboxylic acids is 2. The lowest BCUT2D eigenvalue weighted by Gasteiger charge is -2.32. The number of rotatable bonds is 7. The summed E-state index contributed by atoms with van der Waals surface area (Å²) in [5.74, 6) is -0.139. The van der Waals surface area contributed by atoms with E-state index >= 15 is 0 Å². The van der Waals surface area contributed by atoms with E-state index in [0.717, 1.165) is 36.6 Å². The van der Waals surface area contributed by atoms with Crippen LogP contribution in [0.25, 0.3) is 10.9 Å². The molecule has 0 aliphatic heterocycles. The molecule has 0 radical (unpaired) electrons. The first kappa shape index (κ1) is 21.4. The zero-order valence-electron chi connectivity index (χ0n) is 17.5. The Bertz CT molecular complexity index is 994. The second kappa shape index (κ2) is 10.0. The summed E-state index contributed by atoms with van der Waals surface area (Å²) in [6.07, 6.45) is 5.56. The van der Waals surface area contributed by atoms with Crippen molar-refractivity contribution in [1.29, 1.82) is 0 Å². The molecule has 31 heavy (non-hydrogen) atoms. The number of aromatic amines is 1. The van der Waals surface area contributed by atoms with Gasteiger partial charge in [-0.25, -0.2) is 0 Å². The van der Waals surface area contributed by atoms with Crippen LogP contribution in [0.5, 0.6) is 0 Å². The number of hydrogen-bond acceptors (Lipinski definition) is 2. The molecule has 2 amide bonds. The lowest BCUT2D eigenvalue weighted by molar-refractivity contribution is -0.127. The fraction of sp³-hybridized carbons (Fsp3) is 0.360. The molecular weight excluding hydrogens is 410 g/mol. The van der Waals surface area contributed by atoms with E-state index in [2.05, 4.69) is 10.3 Å². The number of amides is 2. The van der Waals surface area contributed by atoms with Gasteiger partial charge in [0.15, 0.2) is 6.04 Å². The summed E-state index contributed by atoms with van der Waals surface area (Å²) in [5, 5.41) is 4.23. The first-order valence-electron chi connectivity index (χ1n) is 11.0. The molecule has 1 aromatic heterocycles. The minimum Gasteiger partial charge on any atom is -0.356 e. The van der Waals surface area contributed by atoms with Gasteiger partial charge in [-0.1, -0.05) is 55.7 Å². The number of nitrogens with one attached hydrogen (secondary N) is 2. The van der Waals surface area contributed by atoms with E-state index in [9.17, 15) is 9.59 Å². The van der Waals surface area contributed by atoms with Crippen LogP contribution in [0.15, 0.2) is 60.7 Å². The van der Waals surface area contributed by atoms with Crippen LogP contribution in [0.1, 0.15) is 50.3 Å². The molecule has 1 unspecified atom stereocenters. The van der Waals surface area contributed by atoms with Gasteiger partial charge in [0.25, 0.3) is 0 Å². The molecular formula is C25H28ClN3O2. The van der Waals surface area contributed by atoms with E-state index in [1.165, 1.54) is 6.42 Å². The predicted molar refractivity (Wildman–Crippen MR) is 125 cm³/mol. The number of anilines is 1. The standard InChI is InChI=1S/C25H28ClN3O2/c26-16-15-23(30)29(20-12-5-2-6-13-20)24(25(31)27-19-10-3-1-4-11-19)22-17-18-9-7-8-14-21(18)28-22/h2,5-9,12-14,17,19,24,28H,1,3-4,10-11,15-16H2,(H,27,31). The maximum Gasteiger partial charge on any atom is 0.249 e. The van der Waals surface area contributed by atoms with Crippen LogP contribution in [0.3, 0.4) is 0 Å². The van der Waals surface area contributed by atoms with E-state index in [1.807, 2.05) is 60.7 Å². The zero-order chi connectivity index (χ0) is 21.6. The van der Waals surface area contributed by atoms with E-state index in [0.29, 0.717) is 11.4 Å². The van der Waals surface area contributed by atoms with Crippen LogP contribution in [0, 0.1) is 0 Å². The first-order chi connectivity index (χ1) is 15.2. The van der Waals surface area contributed by atoms with Gasteiger partial charge in [0.2, 0.25) is 11.8 Å². The van der Waals surface area contributed by atoms with E-state index in [1.54, 1.807) is 4.90 Å². The molecule has 1 atom stereocenters. The highest BCUT2D eigenvalue weighted by molar-refractivity contribution is 6.19. The van der Waals surface area contributed by atoms with Crippen molar-refractivity contribution < 1.29 is 9.59 Å². The third kappa shape index (κ3) is 4.93. The number of hydrogen-bond donors (Lipinski definition) is 2. The number of halogens is 1. The van der Waals surface area contributed by atoms with Crippen molar-refractivity contribution in [3.05, 3.63) is 66.4 Å². The minimum atomic E-state index is -0.799. The van der Waals surface area contributed by atoms with Gasteiger partial charge < -0.3 is 10.3 Å². The van der Waals surface area contributed by atoms with Crippen molar-refractivity contribution in [3.8, 4) is 0 Å². The summed E-state index contributed by atoms with van der Waals surface area (Å²) in [6.45, 7) is 0. The highest BCUT2D eigenvalue weighted by atomic mass is 35.5. The Labute approximate surface area is 187 Å². The summed E-state index contributed by atoms with van der Waals surface area (Å²) in [6, 6.07) is 18.6. The van der Waals surface area contributed by atoms with Crippen molar-refractivity contribution in [2.75, 3.05) is 10.8 Å². The van der Waals surface area contributed by atoms with E-state index < -0.39 is 6.04 Å². The van der Waals surface area contributed by atoms with E-state index in [4.69, 9.17) is 11.6 Å². The molecule has 162 valence electrons. The smallest absolute Gasteiger partial charge is 0.249 e. The molecule has 1 aliphatic rings. The van der Waals surface area contributed by atoms with Crippen molar-refractivity contribution >= 4 is 40.0 Å². The SMILES string of the molecule is O=C(NC1CCCCC1)C(c1cc2ccccc2[nH]1)N(C(=O)CCCl)c1ccccc1. The van der Waals surface area contributed by atoms with Crippen LogP contribution in [-0.4, -0.2) is 28.7 Å². The number of carbonyl (C=O) groups is 2. The maximum absolute atomic E-state index is 13.7. The van der Waals surface area contributed by atoms with Crippen molar-refractivity contribution in [2.45, 2.75) is 50.6 Å².